The van der Waals surface area contributed by atoms with Crippen LogP contribution in [0.3, 0.4) is 0 Å². The van der Waals surface area contributed by atoms with E-state index in [1.165, 1.54) is 10.8 Å². The van der Waals surface area contributed by atoms with Crippen molar-refractivity contribution in [3.05, 3.63) is 48.5 Å². The Morgan fingerprint density at radius 2 is 1.05 bits per heavy atom. The van der Waals surface area contributed by atoms with E-state index in [1.54, 1.807) is 0 Å². The van der Waals surface area contributed by atoms with Gasteiger partial charge in [0.15, 0.2) is 5.96 Å². The molecule has 0 fully saturated rings. The van der Waals surface area contributed by atoms with Crippen LogP contribution in [0.15, 0.2) is 48.5 Å². The molecule has 0 aromatic heterocycles. The number of hydrogen-bond donors (Lipinski definition) is 6. The number of fused-ring (bicyclic) bond motifs is 1. The van der Waals surface area contributed by atoms with Crippen LogP contribution >= 0.6 is 7.82 Å². The molecule has 0 atom stereocenters. The second kappa shape index (κ2) is 8.23. The molecule has 0 aliphatic heterocycles. The standard InChI is InChI=1S/C10H8.CH5N3.H3O4P/c1-2-6-10-8-4-3-7-9(10)5-1;2-1(3)4;1-5(2,3)4/h1-8H;(H5,2,3,4);(H3,1,2,3,4). The van der Waals surface area contributed by atoms with Crippen LogP contribution in [0.4, 0.5) is 0 Å². The molecule has 2 aromatic rings. The van der Waals surface area contributed by atoms with Gasteiger partial charge in [-0.3, -0.25) is 5.41 Å². The highest BCUT2D eigenvalue weighted by Gasteiger charge is 2.00. The Morgan fingerprint density at radius 3 is 1.21 bits per heavy atom. The van der Waals surface area contributed by atoms with E-state index in [0.717, 1.165) is 0 Å². The first kappa shape index (κ1) is 17.1. The van der Waals surface area contributed by atoms with Crippen LogP contribution < -0.4 is 11.5 Å². The third-order valence-electron chi connectivity index (χ3n) is 1.66. The van der Waals surface area contributed by atoms with Crippen molar-refractivity contribution in [1.82, 2.24) is 0 Å². The number of guanidine groups is 1. The molecule has 0 unspecified atom stereocenters. The average Bonchev–Trinajstić information content (AvgIpc) is 2.26. The molecule has 19 heavy (non-hydrogen) atoms. The van der Waals surface area contributed by atoms with Crippen molar-refractivity contribution in [2.75, 3.05) is 0 Å². The quantitative estimate of drug-likeness (QED) is 0.238. The van der Waals surface area contributed by atoms with Crippen LogP contribution in [0, 0.1) is 5.41 Å². The van der Waals surface area contributed by atoms with Crippen LogP contribution in [0.1, 0.15) is 0 Å². The molecule has 2 aromatic carbocycles. The van der Waals surface area contributed by atoms with Gasteiger partial charge in [-0.1, -0.05) is 48.5 Å². The Labute approximate surface area is 110 Å². The highest BCUT2D eigenvalue weighted by molar-refractivity contribution is 7.45. The lowest BCUT2D eigenvalue weighted by Crippen LogP contribution is -2.20. The maximum absolute atomic E-state index is 8.88. The Kier molecular flexibility index (Phi) is 7.40. The summed E-state index contributed by atoms with van der Waals surface area (Å²) in [6.45, 7) is 0. The van der Waals surface area contributed by atoms with Crippen molar-refractivity contribution in [2.45, 2.75) is 0 Å². The summed E-state index contributed by atoms with van der Waals surface area (Å²) >= 11 is 0. The van der Waals surface area contributed by atoms with E-state index in [1.807, 2.05) is 0 Å². The van der Waals surface area contributed by atoms with Crippen molar-refractivity contribution < 1.29 is 19.2 Å². The van der Waals surface area contributed by atoms with Crippen molar-refractivity contribution in [3.63, 3.8) is 0 Å². The predicted octanol–water partition coefficient (Wildman–Crippen LogP) is 0.750. The summed E-state index contributed by atoms with van der Waals surface area (Å²) in [4.78, 5) is 21.6. The number of hydrogen-bond acceptors (Lipinski definition) is 2. The van der Waals surface area contributed by atoms with Crippen LogP contribution in [0.2, 0.25) is 0 Å². The topological polar surface area (TPSA) is 154 Å². The minimum atomic E-state index is -4.64. The number of phosphoric acid groups is 1. The summed E-state index contributed by atoms with van der Waals surface area (Å²) in [5.74, 6) is -0.333. The molecule has 0 aliphatic carbocycles. The van der Waals surface area contributed by atoms with Gasteiger partial charge in [-0.2, -0.15) is 0 Å². The fourth-order valence-corrected chi connectivity index (χ4v) is 1.13. The van der Waals surface area contributed by atoms with E-state index in [-0.39, 0.29) is 5.96 Å². The van der Waals surface area contributed by atoms with Crippen LogP contribution in [-0.4, -0.2) is 20.6 Å². The minimum Gasteiger partial charge on any atom is -0.370 e. The zero-order valence-electron chi connectivity index (χ0n) is 9.97. The smallest absolute Gasteiger partial charge is 0.370 e. The third-order valence-corrected chi connectivity index (χ3v) is 1.66. The van der Waals surface area contributed by atoms with Gasteiger partial charge < -0.3 is 26.1 Å². The van der Waals surface area contributed by atoms with Gasteiger partial charge >= 0.3 is 7.82 Å². The molecular weight excluding hydrogens is 269 g/mol. The van der Waals surface area contributed by atoms with Crippen molar-refractivity contribution in [3.8, 4) is 0 Å². The van der Waals surface area contributed by atoms with Crippen molar-refractivity contribution in [1.29, 1.82) is 5.41 Å². The highest BCUT2D eigenvalue weighted by atomic mass is 31.2. The summed E-state index contributed by atoms with van der Waals surface area (Å²) in [7, 11) is -4.64. The molecule has 0 spiro atoms. The first-order chi connectivity index (χ1) is 8.70. The Bertz CT molecular complexity index is 493. The number of nitrogens with two attached hydrogens (primary N) is 2. The second-order valence-corrected chi connectivity index (χ2v) is 4.34. The van der Waals surface area contributed by atoms with Crippen molar-refractivity contribution >= 4 is 24.6 Å². The number of nitrogens with one attached hydrogen (secondary N) is 1. The lowest BCUT2D eigenvalue weighted by molar-refractivity contribution is 0.275. The molecule has 0 radical (unpaired) electrons. The van der Waals surface area contributed by atoms with E-state index < -0.39 is 7.82 Å². The van der Waals surface area contributed by atoms with E-state index in [2.05, 4.69) is 60.0 Å². The molecule has 2 rings (SSSR count). The minimum absolute atomic E-state index is 0.333. The lowest BCUT2D eigenvalue weighted by Gasteiger charge is -1.92. The molecule has 0 saturated carbocycles. The summed E-state index contributed by atoms with van der Waals surface area (Å²) in [5, 5.41) is 8.68. The Balaban J connectivity index is 0.000000307. The number of benzene rings is 2. The van der Waals surface area contributed by atoms with E-state index in [9.17, 15) is 0 Å². The highest BCUT2D eigenvalue weighted by Crippen LogP contribution is 2.25. The van der Waals surface area contributed by atoms with E-state index in [4.69, 9.17) is 24.7 Å². The maximum atomic E-state index is 8.88. The summed E-state index contributed by atoms with van der Waals surface area (Å²) in [6, 6.07) is 16.7. The molecule has 8 heteroatoms. The molecule has 104 valence electrons. The van der Waals surface area contributed by atoms with Crippen LogP contribution in [-0.2, 0) is 4.57 Å². The summed E-state index contributed by atoms with van der Waals surface area (Å²) < 4.78 is 8.88. The SMILES string of the molecule is N=C(N)N.O=P(O)(O)O.c1ccc2ccccc2c1. The molecular formula is C11H16N3O4P. The van der Waals surface area contributed by atoms with Gasteiger partial charge in [0, 0.05) is 0 Å². The van der Waals surface area contributed by atoms with Gasteiger partial charge in [0.05, 0.1) is 0 Å². The number of rotatable bonds is 0. The fraction of sp³-hybridized carbons (Fsp3) is 0. The Hall–Kier alpha value is -1.92. The maximum Gasteiger partial charge on any atom is 0.466 e. The third kappa shape index (κ3) is 12.3. The molecule has 0 heterocycles. The molecule has 0 bridgehead atoms. The van der Waals surface area contributed by atoms with Gasteiger partial charge in [0.25, 0.3) is 0 Å². The largest absolute Gasteiger partial charge is 0.466 e. The Morgan fingerprint density at radius 1 is 0.895 bits per heavy atom. The second-order valence-electron chi connectivity index (χ2n) is 3.32. The van der Waals surface area contributed by atoms with E-state index >= 15 is 0 Å². The van der Waals surface area contributed by atoms with Crippen molar-refractivity contribution in [2.24, 2.45) is 11.5 Å². The first-order valence-electron chi connectivity index (χ1n) is 5.01. The van der Waals surface area contributed by atoms with Crippen LogP contribution in [0.5, 0.6) is 0 Å². The molecule has 0 saturated heterocycles. The average molecular weight is 285 g/mol. The van der Waals surface area contributed by atoms with Gasteiger partial charge in [0.2, 0.25) is 0 Å². The molecule has 0 amide bonds. The first-order valence-corrected chi connectivity index (χ1v) is 6.58. The van der Waals surface area contributed by atoms with Crippen LogP contribution in [0.25, 0.3) is 10.8 Å². The van der Waals surface area contributed by atoms with Gasteiger partial charge in [-0.15, -0.1) is 0 Å². The zero-order chi connectivity index (χ0) is 14.9. The summed E-state index contributed by atoms with van der Waals surface area (Å²) in [6.07, 6.45) is 0. The van der Waals surface area contributed by atoms with Gasteiger partial charge in [-0.05, 0) is 10.8 Å². The lowest BCUT2D eigenvalue weighted by atomic mass is 10.1. The molecule has 0 aliphatic rings. The molecule has 7 nitrogen and oxygen atoms in total. The summed E-state index contributed by atoms with van der Waals surface area (Å²) in [5.41, 5.74) is 8.94. The normalized spacial score (nSPS) is 9.63. The monoisotopic (exact) mass is 285 g/mol. The fourth-order valence-electron chi connectivity index (χ4n) is 1.13. The van der Waals surface area contributed by atoms with Gasteiger partial charge in [-0.25, -0.2) is 4.57 Å². The predicted molar refractivity (Wildman–Crippen MR) is 74.3 cm³/mol. The van der Waals surface area contributed by atoms with Gasteiger partial charge in [0.1, 0.15) is 0 Å². The zero-order valence-corrected chi connectivity index (χ0v) is 10.9. The molecule has 8 N–H and O–H groups in total. The van der Waals surface area contributed by atoms with E-state index in [0.29, 0.717) is 0 Å².